The Balaban J connectivity index is 1.86. The van der Waals surface area contributed by atoms with E-state index < -0.39 is 5.97 Å². The molecule has 0 heterocycles. The number of unbranched alkanes of at least 4 members (excludes halogenated alkanes) is 1. The molecule has 0 aromatic heterocycles. The maximum atomic E-state index is 11.8. The summed E-state index contributed by atoms with van der Waals surface area (Å²) in [5.74, 6) is 1.60. The second-order valence-electron chi connectivity index (χ2n) is 5.20. The third-order valence-electron chi connectivity index (χ3n) is 3.34. The molecule has 2 aromatic carbocycles. The molecule has 0 fully saturated rings. The molecule has 24 heavy (non-hydrogen) atoms. The predicted octanol–water partition coefficient (Wildman–Crippen LogP) is 4.49. The van der Waals surface area contributed by atoms with E-state index in [9.17, 15) is 4.79 Å². The first kappa shape index (κ1) is 17.6. The number of carbonyl (C=O) groups is 1. The van der Waals surface area contributed by atoms with Crippen molar-refractivity contribution in [1.29, 1.82) is 0 Å². The average Bonchev–Trinajstić information content (AvgIpc) is 2.62. The van der Waals surface area contributed by atoms with Crippen molar-refractivity contribution in [2.24, 2.45) is 0 Å². The van der Waals surface area contributed by atoms with Crippen molar-refractivity contribution >= 4 is 12.0 Å². The lowest BCUT2D eigenvalue weighted by Gasteiger charge is -2.05. The number of methoxy groups -OCH3 is 1. The molecule has 0 aliphatic carbocycles. The third kappa shape index (κ3) is 5.80. The van der Waals surface area contributed by atoms with E-state index in [1.807, 2.05) is 24.3 Å². The quantitative estimate of drug-likeness (QED) is 0.310. The molecule has 0 amide bonds. The predicted molar refractivity (Wildman–Crippen MR) is 94.5 cm³/mol. The summed E-state index contributed by atoms with van der Waals surface area (Å²) in [4.78, 5) is 11.8. The standard InChI is InChI=1S/C20H22O4/c1-3-4-15-23-18-8-5-16(6-9-18)7-14-20(21)24-19-12-10-17(22-2)11-13-19/h5-14H,3-4,15H2,1-2H3/b14-7+. The Morgan fingerprint density at radius 2 is 1.58 bits per heavy atom. The molecule has 126 valence electrons. The molecule has 0 aliphatic heterocycles. The maximum absolute atomic E-state index is 11.8. The van der Waals surface area contributed by atoms with Crippen LogP contribution in [0, 0.1) is 0 Å². The molecule has 2 rings (SSSR count). The van der Waals surface area contributed by atoms with Gasteiger partial charge < -0.3 is 14.2 Å². The van der Waals surface area contributed by atoms with Crippen molar-refractivity contribution in [3.8, 4) is 17.2 Å². The molecular weight excluding hydrogens is 304 g/mol. The molecule has 0 spiro atoms. The molecule has 0 saturated heterocycles. The summed E-state index contributed by atoms with van der Waals surface area (Å²) in [6.45, 7) is 2.85. The highest BCUT2D eigenvalue weighted by Gasteiger charge is 2.01. The highest BCUT2D eigenvalue weighted by molar-refractivity contribution is 5.88. The van der Waals surface area contributed by atoms with E-state index in [2.05, 4.69) is 6.92 Å². The van der Waals surface area contributed by atoms with Crippen LogP contribution in [0.15, 0.2) is 54.6 Å². The van der Waals surface area contributed by atoms with Crippen LogP contribution in [0.1, 0.15) is 25.3 Å². The number of hydrogen-bond acceptors (Lipinski definition) is 4. The highest BCUT2D eigenvalue weighted by Crippen LogP contribution is 2.17. The molecule has 0 aliphatic rings. The minimum absolute atomic E-state index is 0.427. The summed E-state index contributed by atoms with van der Waals surface area (Å²) in [6, 6.07) is 14.4. The summed E-state index contributed by atoms with van der Waals surface area (Å²) in [5, 5.41) is 0. The van der Waals surface area contributed by atoms with Gasteiger partial charge in [0.25, 0.3) is 0 Å². The van der Waals surface area contributed by atoms with Crippen LogP contribution in [0.4, 0.5) is 0 Å². The van der Waals surface area contributed by atoms with Gasteiger partial charge in [-0.15, -0.1) is 0 Å². The molecule has 4 heteroatoms. The van der Waals surface area contributed by atoms with Crippen LogP contribution < -0.4 is 14.2 Å². The number of carbonyl (C=O) groups excluding carboxylic acids is 1. The Morgan fingerprint density at radius 3 is 2.21 bits per heavy atom. The van der Waals surface area contributed by atoms with Gasteiger partial charge in [-0.3, -0.25) is 0 Å². The van der Waals surface area contributed by atoms with Gasteiger partial charge >= 0.3 is 5.97 Å². The Morgan fingerprint density at radius 1 is 0.958 bits per heavy atom. The van der Waals surface area contributed by atoms with Gasteiger partial charge in [0.05, 0.1) is 13.7 Å². The van der Waals surface area contributed by atoms with Crippen LogP contribution >= 0.6 is 0 Å². The molecule has 0 atom stereocenters. The average molecular weight is 326 g/mol. The first-order valence-corrected chi connectivity index (χ1v) is 7.98. The fourth-order valence-corrected chi connectivity index (χ4v) is 1.97. The van der Waals surface area contributed by atoms with E-state index in [0.717, 1.165) is 30.8 Å². The van der Waals surface area contributed by atoms with Crippen LogP contribution in [0.3, 0.4) is 0 Å². The number of hydrogen-bond donors (Lipinski definition) is 0. The first-order chi connectivity index (χ1) is 11.7. The van der Waals surface area contributed by atoms with Crippen LogP contribution in [-0.2, 0) is 4.79 Å². The van der Waals surface area contributed by atoms with Crippen LogP contribution in [0.25, 0.3) is 6.08 Å². The number of rotatable bonds is 8. The minimum Gasteiger partial charge on any atom is -0.497 e. The van der Waals surface area contributed by atoms with Crippen molar-refractivity contribution in [3.05, 3.63) is 60.2 Å². The van der Waals surface area contributed by atoms with E-state index in [4.69, 9.17) is 14.2 Å². The molecular formula is C20H22O4. The van der Waals surface area contributed by atoms with E-state index in [-0.39, 0.29) is 0 Å². The van der Waals surface area contributed by atoms with Gasteiger partial charge in [0.1, 0.15) is 17.2 Å². The number of ether oxygens (including phenoxy) is 3. The second kappa shape index (κ2) is 9.40. The van der Waals surface area contributed by atoms with E-state index in [1.54, 1.807) is 37.5 Å². The lowest BCUT2D eigenvalue weighted by Crippen LogP contribution is -2.03. The molecule has 0 radical (unpaired) electrons. The molecule has 2 aromatic rings. The monoisotopic (exact) mass is 326 g/mol. The smallest absolute Gasteiger partial charge is 0.336 e. The van der Waals surface area contributed by atoms with Crippen molar-refractivity contribution < 1.29 is 19.0 Å². The van der Waals surface area contributed by atoms with Crippen molar-refractivity contribution in [2.45, 2.75) is 19.8 Å². The van der Waals surface area contributed by atoms with E-state index in [0.29, 0.717) is 11.5 Å². The van der Waals surface area contributed by atoms with Gasteiger partial charge in [-0.2, -0.15) is 0 Å². The molecule has 0 N–H and O–H groups in total. The van der Waals surface area contributed by atoms with Crippen molar-refractivity contribution in [2.75, 3.05) is 13.7 Å². The Labute approximate surface area is 142 Å². The molecule has 0 saturated carbocycles. The number of benzene rings is 2. The minimum atomic E-state index is -0.427. The lowest BCUT2D eigenvalue weighted by molar-refractivity contribution is -0.128. The summed E-state index contributed by atoms with van der Waals surface area (Å²) >= 11 is 0. The largest absolute Gasteiger partial charge is 0.497 e. The highest BCUT2D eigenvalue weighted by atomic mass is 16.5. The zero-order valence-electron chi connectivity index (χ0n) is 14.0. The van der Waals surface area contributed by atoms with Crippen molar-refractivity contribution in [3.63, 3.8) is 0 Å². The summed E-state index contributed by atoms with van der Waals surface area (Å²) < 4.78 is 15.9. The molecule has 0 unspecified atom stereocenters. The zero-order valence-corrected chi connectivity index (χ0v) is 14.0. The van der Waals surface area contributed by atoms with Crippen LogP contribution in [-0.4, -0.2) is 19.7 Å². The molecule has 0 bridgehead atoms. The second-order valence-corrected chi connectivity index (χ2v) is 5.20. The third-order valence-corrected chi connectivity index (χ3v) is 3.34. The summed E-state index contributed by atoms with van der Waals surface area (Å²) in [6.07, 6.45) is 5.26. The zero-order chi connectivity index (χ0) is 17.2. The summed E-state index contributed by atoms with van der Waals surface area (Å²) in [7, 11) is 1.59. The fraction of sp³-hybridized carbons (Fsp3) is 0.250. The Kier molecular flexibility index (Phi) is 6.90. The maximum Gasteiger partial charge on any atom is 0.336 e. The SMILES string of the molecule is CCCCOc1ccc(/C=C/C(=O)Oc2ccc(OC)cc2)cc1. The van der Waals surface area contributed by atoms with Gasteiger partial charge in [-0.1, -0.05) is 25.5 Å². The lowest BCUT2D eigenvalue weighted by atomic mass is 10.2. The van der Waals surface area contributed by atoms with E-state index in [1.165, 1.54) is 6.08 Å². The Hall–Kier alpha value is -2.75. The van der Waals surface area contributed by atoms with Gasteiger partial charge in [-0.05, 0) is 54.5 Å². The Bertz CT molecular complexity index is 657. The van der Waals surface area contributed by atoms with Gasteiger partial charge in [-0.25, -0.2) is 4.79 Å². The normalized spacial score (nSPS) is 10.6. The van der Waals surface area contributed by atoms with Gasteiger partial charge in [0.15, 0.2) is 0 Å². The van der Waals surface area contributed by atoms with Crippen molar-refractivity contribution in [1.82, 2.24) is 0 Å². The van der Waals surface area contributed by atoms with Gasteiger partial charge in [0, 0.05) is 6.08 Å². The topological polar surface area (TPSA) is 44.8 Å². The first-order valence-electron chi connectivity index (χ1n) is 7.98. The van der Waals surface area contributed by atoms with Crippen LogP contribution in [0.5, 0.6) is 17.2 Å². The van der Waals surface area contributed by atoms with Gasteiger partial charge in [0.2, 0.25) is 0 Å². The fourth-order valence-electron chi connectivity index (χ4n) is 1.97. The molecule has 4 nitrogen and oxygen atoms in total. The number of esters is 1. The summed E-state index contributed by atoms with van der Waals surface area (Å²) in [5.41, 5.74) is 0.907. The van der Waals surface area contributed by atoms with E-state index >= 15 is 0 Å². The van der Waals surface area contributed by atoms with Crippen LogP contribution in [0.2, 0.25) is 0 Å².